The molecule has 1 aliphatic rings. The molecule has 0 spiro atoms. The Kier molecular flexibility index (Phi) is 9.38. The molecule has 30 heavy (non-hydrogen) atoms. The molecule has 0 radical (unpaired) electrons. The number of carbonyl (C=O) groups excluding carboxylic acids is 2. The fourth-order valence-electron chi connectivity index (χ4n) is 3.30. The van der Waals surface area contributed by atoms with Crippen LogP contribution < -0.4 is 21.3 Å². The Morgan fingerprint density at radius 2 is 1.00 bits per heavy atom. The summed E-state index contributed by atoms with van der Waals surface area (Å²) in [4.78, 5) is 26.5. The van der Waals surface area contributed by atoms with Crippen LogP contribution in [0, 0.1) is 0 Å². The second kappa shape index (κ2) is 11.0. The van der Waals surface area contributed by atoms with E-state index in [9.17, 15) is 19.8 Å². The highest BCUT2D eigenvalue weighted by Gasteiger charge is 2.37. The minimum absolute atomic E-state index is 0. The lowest BCUT2D eigenvalue weighted by atomic mass is 9.81. The average Bonchev–Trinajstić information content (AvgIpc) is 2.68. The number of ketones is 2. The molecule has 0 amide bonds. The predicted octanol–water partition coefficient (Wildman–Crippen LogP) is 1.98. The smallest absolute Gasteiger partial charge is 0.200 e. The Morgan fingerprint density at radius 3 is 1.33 bits per heavy atom. The van der Waals surface area contributed by atoms with Crippen molar-refractivity contribution in [2.75, 3.05) is 50.9 Å². The Morgan fingerprint density at radius 1 is 0.633 bits per heavy atom. The molecule has 0 aromatic heterocycles. The maximum Gasteiger partial charge on any atom is 0.200 e. The average molecular weight is 457 g/mol. The molecule has 0 fully saturated rings. The van der Waals surface area contributed by atoms with Gasteiger partial charge in [-0.25, -0.2) is 0 Å². The summed E-state index contributed by atoms with van der Waals surface area (Å²) in [5.74, 6) is -1.52. The molecule has 0 saturated heterocycles. The van der Waals surface area contributed by atoms with E-state index in [1.165, 1.54) is 12.1 Å². The van der Waals surface area contributed by atoms with Crippen LogP contribution in [0.1, 0.15) is 31.8 Å². The zero-order chi connectivity index (χ0) is 20.3. The Labute approximate surface area is 187 Å². The number of hydrogen-bond donors (Lipinski definition) is 6. The molecule has 164 valence electrons. The second-order valence-electron chi connectivity index (χ2n) is 6.48. The predicted molar refractivity (Wildman–Crippen MR) is 122 cm³/mol. The first-order chi connectivity index (χ1) is 13.5. The van der Waals surface area contributed by atoms with E-state index in [1.54, 1.807) is 26.2 Å². The van der Waals surface area contributed by atoms with Crippen LogP contribution in [-0.2, 0) is 0 Å². The number of benzene rings is 2. The minimum atomic E-state index is -0.498. The standard InChI is InChI=1S/C20H24N4O4.2ClH/c1-21-7-9-23-11-3-5-13(25)17-15(11)19(27)18-14(26)6-4-12(16(18)20(17)28)24-10-8-22-2;;/h3-6,21-26H,7-10H2,1-2H3;2*1H. The van der Waals surface area contributed by atoms with Gasteiger partial charge in [0.15, 0.2) is 0 Å². The van der Waals surface area contributed by atoms with Crippen molar-refractivity contribution in [3.05, 3.63) is 46.5 Å². The SMILES string of the molecule is CNCCNc1ccc(O)c2c1C(=O)c1c(O)ccc(NCCNC)c1C2=O.Cl.Cl. The topological polar surface area (TPSA) is 123 Å². The molecular formula is C20H26Cl2N4O4. The summed E-state index contributed by atoms with van der Waals surface area (Å²) < 4.78 is 0. The van der Waals surface area contributed by atoms with Crippen molar-refractivity contribution in [2.45, 2.75) is 0 Å². The maximum atomic E-state index is 13.2. The van der Waals surface area contributed by atoms with Gasteiger partial charge in [0.1, 0.15) is 11.5 Å². The number of aromatic hydroxyl groups is 2. The van der Waals surface area contributed by atoms with E-state index in [4.69, 9.17) is 0 Å². The van der Waals surface area contributed by atoms with Gasteiger partial charge in [0.05, 0.1) is 22.3 Å². The van der Waals surface area contributed by atoms with Gasteiger partial charge in [0.2, 0.25) is 11.6 Å². The number of anilines is 2. The molecule has 10 heteroatoms. The van der Waals surface area contributed by atoms with Crippen LogP contribution in [0.15, 0.2) is 24.3 Å². The molecule has 0 atom stereocenters. The van der Waals surface area contributed by atoms with Crippen LogP contribution in [0.4, 0.5) is 11.4 Å². The number of phenols is 2. The first-order valence-electron chi connectivity index (χ1n) is 9.09. The van der Waals surface area contributed by atoms with Crippen LogP contribution in [0.5, 0.6) is 11.5 Å². The number of likely N-dealkylation sites (N-methyl/N-ethyl adjacent to an activating group) is 2. The van der Waals surface area contributed by atoms with Crippen molar-refractivity contribution in [3.8, 4) is 11.5 Å². The third kappa shape index (κ3) is 4.62. The van der Waals surface area contributed by atoms with Crippen molar-refractivity contribution < 1.29 is 19.8 Å². The molecule has 0 bridgehead atoms. The third-order valence-electron chi connectivity index (χ3n) is 4.66. The minimum Gasteiger partial charge on any atom is -0.507 e. The molecule has 2 aromatic carbocycles. The number of nitrogens with one attached hydrogen (secondary N) is 4. The lowest BCUT2D eigenvalue weighted by Gasteiger charge is -2.24. The molecule has 0 heterocycles. The molecule has 8 nitrogen and oxygen atoms in total. The van der Waals surface area contributed by atoms with Gasteiger partial charge in [0, 0.05) is 37.6 Å². The Balaban J connectivity index is 0.00000225. The van der Waals surface area contributed by atoms with Crippen LogP contribution in [0.25, 0.3) is 0 Å². The van der Waals surface area contributed by atoms with Gasteiger partial charge in [-0.3, -0.25) is 9.59 Å². The van der Waals surface area contributed by atoms with E-state index < -0.39 is 11.6 Å². The van der Waals surface area contributed by atoms with E-state index >= 15 is 0 Å². The lowest BCUT2D eigenvalue weighted by Crippen LogP contribution is -2.26. The highest BCUT2D eigenvalue weighted by molar-refractivity contribution is 6.33. The number of fused-ring (bicyclic) bond motifs is 2. The summed E-state index contributed by atoms with van der Waals surface area (Å²) in [5, 5.41) is 32.9. The number of carbonyl (C=O) groups is 2. The summed E-state index contributed by atoms with van der Waals surface area (Å²) in [6.45, 7) is 2.36. The summed E-state index contributed by atoms with van der Waals surface area (Å²) >= 11 is 0. The molecule has 6 N–H and O–H groups in total. The first-order valence-corrected chi connectivity index (χ1v) is 9.09. The molecular weight excluding hydrogens is 431 g/mol. The van der Waals surface area contributed by atoms with Gasteiger partial charge in [0.25, 0.3) is 0 Å². The van der Waals surface area contributed by atoms with Gasteiger partial charge >= 0.3 is 0 Å². The second-order valence-corrected chi connectivity index (χ2v) is 6.48. The van der Waals surface area contributed by atoms with E-state index in [0.29, 0.717) is 37.6 Å². The van der Waals surface area contributed by atoms with Gasteiger partial charge in [-0.2, -0.15) is 0 Å². The van der Waals surface area contributed by atoms with E-state index in [1.807, 2.05) is 0 Å². The van der Waals surface area contributed by atoms with E-state index in [0.717, 1.165) is 0 Å². The number of rotatable bonds is 8. The fraction of sp³-hybridized carbons (Fsp3) is 0.300. The summed E-state index contributed by atoms with van der Waals surface area (Å²) in [5.41, 5.74) is 0.955. The van der Waals surface area contributed by atoms with Gasteiger partial charge in [-0.15, -0.1) is 24.8 Å². The van der Waals surface area contributed by atoms with E-state index in [-0.39, 0.29) is 58.6 Å². The monoisotopic (exact) mass is 456 g/mol. The fourth-order valence-corrected chi connectivity index (χ4v) is 3.30. The number of halogens is 2. The first kappa shape index (κ1) is 25.5. The highest BCUT2D eigenvalue weighted by Crippen LogP contribution is 2.42. The quantitative estimate of drug-likeness (QED) is 0.224. The number of hydrogen-bond acceptors (Lipinski definition) is 8. The van der Waals surface area contributed by atoms with Gasteiger partial charge in [-0.1, -0.05) is 0 Å². The van der Waals surface area contributed by atoms with Crippen LogP contribution in [0.2, 0.25) is 0 Å². The van der Waals surface area contributed by atoms with Crippen molar-refractivity contribution in [1.82, 2.24) is 10.6 Å². The number of phenolic OH excluding ortho intramolecular Hbond substituents is 2. The van der Waals surface area contributed by atoms with Crippen molar-refractivity contribution in [1.29, 1.82) is 0 Å². The van der Waals surface area contributed by atoms with E-state index in [2.05, 4.69) is 21.3 Å². The molecule has 0 unspecified atom stereocenters. The zero-order valence-corrected chi connectivity index (χ0v) is 18.3. The lowest BCUT2D eigenvalue weighted by molar-refractivity contribution is 0.0975. The maximum absolute atomic E-state index is 13.2. The molecule has 2 aromatic rings. The van der Waals surface area contributed by atoms with Crippen LogP contribution in [-0.4, -0.2) is 62.1 Å². The van der Waals surface area contributed by atoms with Gasteiger partial charge < -0.3 is 31.5 Å². The highest BCUT2D eigenvalue weighted by atomic mass is 35.5. The third-order valence-corrected chi connectivity index (χ3v) is 4.66. The van der Waals surface area contributed by atoms with Crippen molar-refractivity contribution >= 4 is 47.8 Å². The molecule has 0 aliphatic heterocycles. The molecule has 1 aliphatic carbocycles. The normalized spacial score (nSPS) is 11.7. The molecule has 0 saturated carbocycles. The zero-order valence-electron chi connectivity index (χ0n) is 16.7. The Hall–Kier alpha value is -2.52. The van der Waals surface area contributed by atoms with Crippen LogP contribution >= 0.6 is 24.8 Å². The van der Waals surface area contributed by atoms with Crippen molar-refractivity contribution in [2.24, 2.45) is 0 Å². The van der Waals surface area contributed by atoms with Gasteiger partial charge in [-0.05, 0) is 38.4 Å². The van der Waals surface area contributed by atoms with Crippen molar-refractivity contribution in [3.63, 3.8) is 0 Å². The largest absolute Gasteiger partial charge is 0.507 e. The Bertz CT molecular complexity index is 862. The summed E-state index contributed by atoms with van der Waals surface area (Å²) in [6.07, 6.45) is 0. The molecule has 3 rings (SSSR count). The summed E-state index contributed by atoms with van der Waals surface area (Å²) in [7, 11) is 3.61. The summed E-state index contributed by atoms with van der Waals surface area (Å²) in [6, 6.07) is 5.92. The van der Waals surface area contributed by atoms with Crippen LogP contribution in [0.3, 0.4) is 0 Å².